The zero-order valence-corrected chi connectivity index (χ0v) is 10.5. The number of nitrogens with one attached hydrogen (secondary N) is 1. The summed E-state index contributed by atoms with van der Waals surface area (Å²) in [4.78, 5) is 12.1. The van der Waals surface area contributed by atoms with Crippen molar-refractivity contribution < 1.29 is 15.1 Å². The maximum absolute atomic E-state index is 12.1. The Hall–Kier alpha value is -1.53. The van der Waals surface area contributed by atoms with Gasteiger partial charge in [-0.1, -0.05) is 23.4 Å². The topological polar surface area (TPSA) is 81.9 Å². The van der Waals surface area contributed by atoms with Gasteiger partial charge >= 0.3 is 0 Å². The van der Waals surface area contributed by atoms with Gasteiger partial charge in [0, 0.05) is 17.1 Å². The van der Waals surface area contributed by atoms with E-state index in [-0.39, 0.29) is 12.5 Å². The van der Waals surface area contributed by atoms with Gasteiger partial charge in [-0.05, 0) is 12.1 Å². The molecular formula is C12H14N2O3S. The summed E-state index contributed by atoms with van der Waals surface area (Å²) >= 11 is 1.51. The summed E-state index contributed by atoms with van der Waals surface area (Å²) in [6.45, 7) is -0.280. The first kappa shape index (κ1) is 12.9. The van der Waals surface area contributed by atoms with Gasteiger partial charge in [0.15, 0.2) is 0 Å². The first-order valence-electron chi connectivity index (χ1n) is 5.49. The Morgan fingerprint density at radius 2 is 2.17 bits per heavy atom. The Bertz CT molecular complexity index is 464. The van der Waals surface area contributed by atoms with Crippen molar-refractivity contribution in [2.75, 3.05) is 18.1 Å². The molecule has 1 aliphatic rings. The summed E-state index contributed by atoms with van der Waals surface area (Å²) in [7, 11) is 0. The number of thioether (sulfide) groups is 1. The molecule has 1 aliphatic heterocycles. The lowest BCUT2D eigenvalue weighted by Crippen LogP contribution is -2.57. The van der Waals surface area contributed by atoms with Gasteiger partial charge in [0.2, 0.25) is 0 Å². The van der Waals surface area contributed by atoms with Crippen molar-refractivity contribution in [3.63, 3.8) is 0 Å². The molecule has 1 amide bonds. The fourth-order valence-electron chi connectivity index (χ4n) is 1.83. The molecule has 0 radical (unpaired) electrons. The molecule has 18 heavy (non-hydrogen) atoms. The zero-order valence-electron chi connectivity index (χ0n) is 9.67. The maximum atomic E-state index is 12.1. The number of carbonyl (C=O) groups is 1. The smallest absolute Gasteiger partial charge is 0.252 e. The lowest BCUT2D eigenvalue weighted by Gasteiger charge is -2.27. The highest BCUT2D eigenvalue weighted by molar-refractivity contribution is 8.00. The van der Waals surface area contributed by atoms with Crippen LogP contribution in [0.25, 0.3) is 0 Å². The molecule has 5 nitrogen and oxygen atoms in total. The molecular weight excluding hydrogens is 252 g/mol. The van der Waals surface area contributed by atoms with Crippen molar-refractivity contribution in [1.82, 2.24) is 5.32 Å². The van der Waals surface area contributed by atoms with Gasteiger partial charge in [0.1, 0.15) is 5.54 Å². The largest absolute Gasteiger partial charge is 0.411 e. The van der Waals surface area contributed by atoms with Crippen LogP contribution < -0.4 is 5.32 Å². The molecule has 0 aliphatic carbocycles. The van der Waals surface area contributed by atoms with E-state index in [2.05, 4.69) is 10.5 Å². The van der Waals surface area contributed by atoms with Crippen molar-refractivity contribution in [3.05, 3.63) is 35.9 Å². The van der Waals surface area contributed by atoms with Crippen molar-refractivity contribution in [1.29, 1.82) is 0 Å². The van der Waals surface area contributed by atoms with Crippen LogP contribution in [0.1, 0.15) is 10.4 Å². The van der Waals surface area contributed by atoms with Gasteiger partial charge in [0.05, 0.1) is 12.3 Å². The lowest BCUT2D eigenvalue weighted by molar-refractivity contribution is 0.0901. The predicted octanol–water partition coefficient (Wildman–Crippen LogP) is 0.724. The average Bonchev–Trinajstić information content (AvgIpc) is 2.83. The van der Waals surface area contributed by atoms with Crippen LogP contribution in [0, 0.1) is 0 Å². The van der Waals surface area contributed by atoms with E-state index in [1.165, 1.54) is 11.8 Å². The minimum Gasteiger partial charge on any atom is -0.411 e. The highest BCUT2D eigenvalue weighted by Crippen LogP contribution is 2.26. The average molecular weight is 266 g/mol. The molecule has 0 bridgehead atoms. The third kappa shape index (κ3) is 2.34. The molecule has 1 saturated heterocycles. The van der Waals surface area contributed by atoms with E-state index in [1.54, 1.807) is 24.3 Å². The molecule has 1 atom stereocenters. The number of carbonyl (C=O) groups excluding carboxylic acids is 1. The number of aliphatic hydroxyl groups excluding tert-OH is 1. The summed E-state index contributed by atoms with van der Waals surface area (Å²) in [5.74, 6) is 0.724. The zero-order chi connectivity index (χ0) is 13.0. The maximum Gasteiger partial charge on any atom is 0.252 e. The third-order valence-electron chi connectivity index (χ3n) is 2.92. The molecule has 96 valence electrons. The van der Waals surface area contributed by atoms with Gasteiger partial charge in [0.25, 0.3) is 5.91 Å². The van der Waals surface area contributed by atoms with Crippen molar-refractivity contribution in [3.8, 4) is 0 Å². The second-order valence-electron chi connectivity index (χ2n) is 4.10. The van der Waals surface area contributed by atoms with Crippen molar-refractivity contribution in [2.24, 2.45) is 5.16 Å². The van der Waals surface area contributed by atoms with Crippen LogP contribution >= 0.6 is 11.8 Å². The van der Waals surface area contributed by atoms with Crippen LogP contribution in [0.3, 0.4) is 0 Å². The van der Waals surface area contributed by atoms with Gasteiger partial charge in [-0.15, -0.1) is 0 Å². The van der Waals surface area contributed by atoms with E-state index >= 15 is 0 Å². The quantitative estimate of drug-likeness (QED) is 0.556. The summed E-state index contributed by atoms with van der Waals surface area (Å²) in [6.07, 6.45) is 0. The van der Waals surface area contributed by atoms with Crippen LogP contribution in [-0.2, 0) is 0 Å². The van der Waals surface area contributed by atoms with E-state index in [4.69, 9.17) is 5.21 Å². The monoisotopic (exact) mass is 266 g/mol. The molecule has 0 spiro atoms. The molecule has 3 N–H and O–H groups in total. The second kappa shape index (κ2) is 5.41. The van der Waals surface area contributed by atoms with Gasteiger partial charge in [-0.2, -0.15) is 11.8 Å². The van der Waals surface area contributed by atoms with Crippen molar-refractivity contribution >= 4 is 23.4 Å². The number of oxime groups is 1. The molecule has 1 aromatic rings. The molecule has 1 fully saturated rings. The summed E-state index contributed by atoms with van der Waals surface area (Å²) in [5, 5.41) is 24.4. The Balaban J connectivity index is 2.19. The molecule has 0 aromatic heterocycles. The van der Waals surface area contributed by atoms with E-state index in [0.29, 0.717) is 22.8 Å². The molecule has 1 heterocycles. The molecule has 1 aromatic carbocycles. The number of amides is 1. The van der Waals surface area contributed by atoms with Crippen molar-refractivity contribution in [2.45, 2.75) is 5.54 Å². The lowest BCUT2D eigenvalue weighted by atomic mass is 9.97. The number of nitrogens with zero attached hydrogens (tertiary/aromatic N) is 1. The number of aliphatic hydroxyl groups is 1. The van der Waals surface area contributed by atoms with Crippen LogP contribution in [0.15, 0.2) is 35.5 Å². The van der Waals surface area contributed by atoms with E-state index in [1.807, 2.05) is 6.07 Å². The molecule has 6 heteroatoms. The fraction of sp³-hybridized carbons (Fsp3) is 0.333. The fourth-order valence-corrected chi connectivity index (χ4v) is 3.14. The Morgan fingerprint density at radius 1 is 1.44 bits per heavy atom. The SMILES string of the molecule is O=C(N[C@]1(CO)CSCC1=NO)c1ccccc1. The standard InChI is InChI=1S/C12H14N2O3S/c15-7-12(8-18-6-10(12)14-17)13-11(16)9-4-2-1-3-5-9/h1-5,15,17H,6-8H2,(H,13,16)/t12-/m1/s1. The summed E-state index contributed by atoms with van der Waals surface area (Å²) in [5.41, 5.74) is -0.0365. The highest BCUT2D eigenvalue weighted by atomic mass is 32.2. The second-order valence-corrected chi connectivity index (χ2v) is 5.09. The van der Waals surface area contributed by atoms with Crippen LogP contribution in [0.5, 0.6) is 0 Å². The third-order valence-corrected chi connectivity index (χ3v) is 4.09. The molecule has 0 saturated carbocycles. The Kier molecular flexibility index (Phi) is 3.88. The predicted molar refractivity (Wildman–Crippen MR) is 70.3 cm³/mol. The molecule has 2 rings (SSSR count). The Morgan fingerprint density at radius 3 is 2.78 bits per heavy atom. The summed E-state index contributed by atoms with van der Waals surface area (Å²) < 4.78 is 0. The first-order chi connectivity index (χ1) is 8.72. The van der Waals surface area contributed by atoms with Gasteiger partial charge in [-0.3, -0.25) is 4.79 Å². The van der Waals surface area contributed by atoms with Gasteiger partial charge < -0.3 is 15.6 Å². The number of hydrogen-bond donors (Lipinski definition) is 3. The van der Waals surface area contributed by atoms with Crippen LogP contribution in [-0.4, -0.2) is 45.6 Å². The van der Waals surface area contributed by atoms with E-state index in [9.17, 15) is 9.90 Å². The number of hydrogen-bond acceptors (Lipinski definition) is 5. The first-order valence-corrected chi connectivity index (χ1v) is 6.65. The minimum atomic E-state index is -0.952. The van der Waals surface area contributed by atoms with Gasteiger partial charge in [-0.25, -0.2) is 0 Å². The van der Waals surface area contributed by atoms with Crippen LogP contribution in [0.2, 0.25) is 0 Å². The van der Waals surface area contributed by atoms with Crippen LogP contribution in [0.4, 0.5) is 0 Å². The summed E-state index contributed by atoms with van der Waals surface area (Å²) in [6, 6.07) is 8.75. The molecule has 0 unspecified atom stereocenters. The number of benzene rings is 1. The minimum absolute atomic E-state index is 0.280. The Labute approximate surface area is 109 Å². The van der Waals surface area contributed by atoms with E-state index in [0.717, 1.165) is 0 Å². The highest BCUT2D eigenvalue weighted by Gasteiger charge is 2.42. The van der Waals surface area contributed by atoms with E-state index < -0.39 is 5.54 Å². The normalized spacial score (nSPS) is 25.3. The number of rotatable bonds is 3.